The van der Waals surface area contributed by atoms with E-state index >= 15 is 0 Å². The summed E-state index contributed by atoms with van der Waals surface area (Å²) in [5.41, 5.74) is 1.13. The van der Waals surface area contributed by atoms with E-state index in [4.69, 9.17) is 11.6 Å². The third-order valence-corrected chi connectivity index (χ3v) is 6.72. The van der Waals surface area contributed by atoms with Gasteiger partial charge in [-0.3, -0.25) is 9.59 Å². The monoisotopic (exact) mass is 402 g/mol. The molecule has 2 atom stereocenters. The standard InChI is InChI=1S/C23H27ClO4/c1-5-14-19(25)18(22(28)23(6-2,7-3)21(14)27)20(26)17-11-16(17)15-9-8-13(24)10-12(15)4/h8-10,16-17,25,27H,5-7,11H2,1-4H3/t16-,17?/m1/s1. The van der Waals surface area contributed by atoms with Crippen LogP contribution in [0.25, 0.3) is 0 Å². The zero-order valence-corrected chi connectivity index (χ0v) is 17.6. The Morgan fingerprint density at radius 2 is 1.86 bits per heavy atom. The van der Waals surface area contributed by atoms with Crippen LogP contribution >= 0.6 is 11.6 Å². The second-order valence-electron chi connectivity index (χ2n) is 7.84. The largest absolute Gasteiger partial charge is 0.511 e. The van der Waals surface area contributed by atoms with Gasteiger partial charge in [-0.25, -0.2) is 0 Å². The molecule has 2 aliphatic rings. The minimum atomic E-state index is -1.12. The number of rotatable bonds is 6. The molecule has 1 saturated carbocycles. The number of hydrogen-bond donors (Lipinski definition) is 2. The van der Waals surface area contributed by atoms with Gasteiger partial charge in [0.1, 0.15) is 17.1 Å². The third kappa shape index (κ3) is 2.98. The number of aliphatic hydroxyl groups is 2. The van der Waals surface area contributed by atoms with E-state index in [2.05, 4.69) is 0 Å². The molecule has 1 fully saturated rings. The highest BCUT2D eigenvalue weighted by Gasteiger charge is 2.53. The quantitative estimate of drug-likeness (QED) is 0.594. The van der Waals surface area contributed by atoms with Gasteiger partial charge in [0.05, 0.1) is 5.41 Å². The fraction of sp³-hybridized carbons (Fsp3) is 0.478. The molecule has 1 aromatic rings. The Balaban J connectivity index is 1.99. The summed E-state index contributed by atoms with van der Waals surface area (Å²) < 4.78 is 0. The lowest BCUT2D eigenvalue weighted by Gasteiger charge is -2.35. The maximum Gasteiger partial charge on any atom is 0.183 e. The second-order valence-corrected chi connectivity index (χ2v) is 8.27. The van der Waals surface area contributed by atoms with Gasteiger partial charge in [0.25, 0.3) is 0 Å². The Morgan fingerprint density at radius 1 is 1.21 bits per heavy atom. The van der Waals surface area contributed by atoms with Gasteiger partial charge < -0.3 is 10.2 Å². The predicted octanol–water partition coefficient (Wildman–Crippen LogP) is 5.74. The average Bonchev–Trinajstić information content (AvgIpc) is 3.43. The topological polar surface area (TPSA) is 74.6 Å². The van der Waals surface area contributed by atoms with Crippen molar-refractivity contribution in [1.29, 1.82) is 0 Å². The number of benzene rings is 1. The van der Waals surface area contributed by atoms with Crippen LogP contribution in [-0.4, -0.2) is 21.8 Å². The summed E-state index contributed by atoms with van der Waals surface area (Å²) >= 11 is 6.03. The molecule has 0 spiro atoms. The summed E-state index contributed by atoms with van der Waals surface area (Å²) in [5.74, 6) is -1.49. The first kappa shape index (κ1) is 20.7. The molecule has 4 nitrogen and oxygen atoms in total. The fourth-order valence-corrected chi connectivity index (χ4v) is 4.77. The Labute approximate surface area is 170 Å². The number of allylic oxidation sites excluding steroid dienone is 3. The molecule has 150 valence electrons. The zero-order valence-electron chi connectivity index (χ0n) is 16.8. The highest BCUT2D eigenvalue weighted by Crippen LogP contribution is 2.53. The SMILES string of the molecule is CCC1=C(O)C(CC)(CC)C(=O)C(C(=O)C2C[C@@H]2c2ccc(Cl)cc2C)=C1O. The smallest absolute Gasteiger partial charge is 0.183 e. The lowest BCUT2D eigenvalue weighted by molar-refractivity contribution is -0.129. The van der Waals surface area contributed by atoms with Gasteiger partial charge in [0.15, 0.2) is 11.6 Å². The molecule has 1 aromatic carbocycles. The summed E-state index contributed by atoms with van der Waals surface area (Å²) in [6.07, 6.45) is 1.76. The summed E-state index contributed by atoms with van der Waals surface area (Å²) in [4.78, 5) is 26.5. The summed E-state index contributed by atoms with van der Waals surface area (Å²) in [7, 11) is 0. The normalized spacial score (nSPS) is 24.0. The van der Waals surface area contributed by atoms with Crippen LogP contribution in [0.1, 0.15) is 63.5 Å². The van der Waals surface area contributed by atoms with E-state index in [0.29, 0.717) is 36.3 Å². The van der Waals surface area contributed by atoms with Gasteiger partial charge in [0.2, 0.25) is 0 Å². The molecule has 0 aromatic heterocycles. The molecule has 0 saturated heterocycles. The molecule has 2 N–H and O–H groups in total. The number of hydrogen-bond acceptors (Lipinski definition) is 4. The van der Waals surface area contributed by atoms with E-state index < -0.39 is 11.2 Å². The van der Waals surface area contributed by atoms with Crippen LogP contribution in [0.15, 0.2) is 40.9 Å². The van der Waals surface area contributed by atoms with Crippen LogP contribution < -0.4 is 0 Å². The first-order chi connectivity index (χ1) is 13.2. The molecule has 1 unspecified atom stereocenters. The molecule has 3 rings (SSSR count). The van der Waals surface area contributed by atoms with Crippen LogP contribution in [0.5, 0.6) is 0 Å². The lowest BCUT2D eigenvalue weighted by atomic mass is 9.67. The fourth-order valence-electron chi connectivity index (χ4n) is 4.54. The van der Waals surface area contributed by atoms with E-state index in [1.54, 1.807) is 13.0 Å². The molecule has 0 amide bonds. The number of ketones is 2. The zero-order chi connectivity index (χ0) is 20.8. The molecule has 28 heavy (non-hydrogen) atoms. The van der Waals surface area contributed by atoms with E-state index in [9.17, 15) is 19.8 Å². The van der Waals surface area contributed by atoms with Crippen molar-refractivity contribution >= 4 is 23.2 Å². The van der Waals surface area contributed by atoms with Crippen molar-refractivity contribution in [3.8, 4) is 0 Å². The molecule has 0 radical (unpaired) electrons. The number of aryl methyl sites for hydroxylation is 1. The number of halogens is 1. The van der Waals surface area contributed by atoms with Crippen LogP contribution in [0.3, 0.4) is 0 Å². The molecule has 5 heteroatoms. The highest BCUT2D eigenvalue weighted by molar-refractivity contribution is 6.30. The van der Waals surface area contributed by atoms with Gasteiger partial charge in [0, 0.05) is 16.5 Å². The Morgan fingerprint density at radius 3 is 2.39 bits per heavy atom. The van der Waals surface area contributed by atoms with Crippen LogP contribution in [0.4, 0.5) is 0 Å². The number of carbonyl (C=O) groups excluding carboxylic acids is 2. The van der Waals surface area contributed by atoms with Crippen molar-refractivity contribution in [2.24, 2.45) is 11.3 Å². The molecule has 0 bridgehead atoms. The van der Waals surface area contributed by atoms with Crippen molar-refractivity contribution < 1.29 is 19.8 Å². The van der Waals surface area contributed by atoms with Crippen LogP contribution in [-0.2, 0) is 9.59 Å². The highest BCUT2D eigenvalue weighted by atomic mass is 35.5. The first-order valence-corrected chi connectivity index (χ1v) is 10.3. The molecule has 2 aliphatic carbocycles. The summed E-state index contributed by atoms with van der Waals surface area (Å²) in [6.45, 7) is 7.41. The average molecular weight is 403 g/mol. The second kappa shape index (κ2) is 7.40. The molecule has 0 heterocycles. The molecular weight excluding hydrogens is 376 g/mol. The van der Waals surface area contributed by atoms with Crippen LogP contribution in [0, 0.1) is 18.3 Å². The maximum atomic E-state index is 13.3. The molecular formula is C23H27ClO4. The number of aliphatic hydroxyl groups excluding tert-OH is 2. The van der Waals surface area contributed by atoms with Crippen molar-refractivity contribution in [1.82, 2.24) is 0 Å². The van der Waals surface area contributed by atoms with Crippen molar-refractivity contribution in [2.45, 2.75) is 59.3 Å². The van der Waals surface area contributed by atoms with Crippen LogP contribution in [0.2, 0.25) is 5.02 Å². The van der Waals surface area contributed by atoms with Gasteiger partial charge >= 0.3 is 0 Å². The van der Waals surface area contributed by atoms with Gasteiger partial charge in [-0.15, -0.1) is 0 Å². The van der Waals surface area contributed by atoms with Crippen molar-refractivity contribution in [3.05, 3.63) is 57.0 Å². The van der Waals surface area contributed by atoms with E-state index in [1.165, 1.54) is 0 Å². The first-order valence-electron chi connectivity index (χ1n) is 9.94. The Kier molecular flexibility index (Phi) is 5.46. The minimum Gasteiger partial charge on any atom is -0.511 e. The maximum absolute atomic E-state index is 13.3. The van der Waals surface area contributed by atoms with Crippen molar-refractivity contribution in [2.75, 3.05) is 0 Å². The predicted molar refractivity (Wildman–Crippen MR) is 110 cm³/mol. The van der Waals surface area contributed by atoms with Gasteiger partial charge in [-0.2, -0.15) is 0 Å². The summed E-state index contributed by atoms with van der Waals surface area (Å²) in [5, 5.41) is 22.0. The minimum absolute atomic E-state index is 0.0279. The Bertz CT molecular complexity index is 905. The van der Waals surface area contributed by atoms with Crippen molar-refractivity contribution in [3.63, 3.8) is 0 Å². The van der Waals surface area contributed by atoms with E-state index in [-0.39, 0.29) is 34.7 Å². The van der Waals surface area contributed by atoms with Gasteiger partial charge in [-0.05, 0) is 61.8 Å². The number of Topliss-reactive ketones (excluding diaryl/α,β-unsaturated/α-hetero) is 2. The third-order valence-electron chi connectivity index (χ3n) is 6.49. The van der Waals surface area contributed by atoms with Gasteiger partial charge in [-0.1, -0.05) is 38.4 Å². The summed E-state index contributed by atoms with van der Waals surface area (Å²) in [6, 6.07) is 5.61. The molecule has 0 aliphatic heterocycles. The Hall–Kier alpha value is -2.07. The van der Waals surface area contributed by atoms with E-state index in [1.807, 2.05) is 32.9 Å². The number of carbonyl (C=O) groups is 2. The lowest BCUT2D eigenvalue weighted by Crippen LogP contribution is -2.40. The van der Waals surface area contributed by atoms with E-state index in [0.717, 1.165) is 11.1 Å².